The lowest BCUT2D eigenvalue weighted by Crippen LogP contribution is -2.44. The molecular weight excluding hydrogens is 216 g/mol. The Morgan fingerprint density at radius 2 is 2.15 bits per heavy atom. The number of thioether (sulfide) groups is 1. The molecule has 1 saturated heterocycles. The lowest BCUT2D eigenvalue weighted by Gasteiger charge is -2.08. The number of hydrogen-bond donors (Lipinski definition) is 4. The maximum Gasteiger partial charge on any atom is 0.236 e. The Bertz CT molecular complexity index is 303. The maximum atomic E-state index is 10.8. The number of amides is 1. The molecule has 7 nitrogen and oxygen atoms in total. The van der Waals surface area contributed by atoms with Gasteiger partial charge in [0, 0.05) is 6.92 Å². The first-order valence-corrected chi connectivity index (χ1v) is 5.90. The van der Waals surface area contributed by atoms with Gasteiger partial charge in [-0.3, -0.25) is 4.79 Å². The molecule has 0 bridgehead atoms. The standard InChI is InChI=1S/C4H10N4O3S2/c1-2(9)6-3-7-8-4(12-3)13(5,10)11/h3-4,7-8H,1H3,(H,6,9)(H2,5,10,11). The van der Waals surface area contributed by atoms with Gasteiger partial charge in [0.25, 0.3) is 0 Å². The van der Waals surface area contributed by atoms with Gasteiger partial charge in [0.2, 0.25) is 15.9 Å². The van der Waals surface area contributed by atoms with Gasteiger partial charge < -0.3 is 5.32 Å². The largest absolute Gasteiger partial charge is 0.331 e. The van der Waals surface area contributed by atoms with E-state index in [4.69, 9.17) is 5.14 Å². The third-order valence-corrected chi connectivity index (χ3v) is 3.95. The first-order valence-electron chi connectivity index (χ1n) is 3.35. The SMILES string of the molecule is CC(=O)NC1NNC(S(N)(=O)=O)S1. The van der Waals surface area contributed by atoms with Crippen LogP contribution in [-0.2, 0) is 14.8 Å². The molecule has 1 aliphatic rings. The van der Waals surface area contributed by atoms with Crippen LogP contribution in [0.15, 0.2) is 0 Å². The van der Waals surface area contributed by atoms with E-state index in [0.29, 0.717) is 0 Å². The van der Waals surface area contributed by atoms with Gasteiger partial charge in [-0.15, -0.1) is 0 Å². The zero-order valence-electron chi connectivity index (χ0n) is 6.77. The maximum absolute atomic E-state index is 10.8. The van der Waals surface area contributed by atoms with Crippen LogP contribution in [0.5, 0.6) is 0 Å². The normalized spacial score (nSPS) is 28.8. The second-order valence-corrected chi connectivity index (χ2v) is 5.59. The molecule has 0 radical (unpaired) electrons. The Kier molecular flexibility index (Phi) is 3.14. The van der Waals surface area contributed by atoms with Crippen molar-refractivity contribution in [2.45, 2.75) is 17.1 Å². The van der Waals surface area contributed by atoms with Crippen molar-refractivity contribution in [3.05, 3.63) is 0 Å². The van der Waals surface area contributed by atoms with Gasteiger partial charge in [-0.05, 0) is 0 Å². The van der Waals surface area contributed by atoms with Gasteiger partial charge in [-0.25, -0.2) is 24.4 Å². The molecule has 1 amide bonds. The Balaban J connectivity index is 2.50. The second kappa shape index (κ2) is 3.80. The van der Waals surface area contributed by atoms with Crippen molar-refractivity contribution in [2.75, 3.05) is 0 Å². The summed E-state index contributed by atoms with van der Waals surface area (Å²) in [5, 5.41) is 7.34. The molecule has 1 aliphatic heterocycles. The summed E-state index contributed by atoms with van der Waals surface area (Å²) in [6.07, 6.45) is 0. The summed E-state index contributed by atoms with van der Waals surface area (Å²) >= 11 is 0.979. The van der Waals surface area contributed by atoms with E-state index in [1.807, 2.05) is 0 Å². The number of nitrogens with one attached hydrogen (secondary N) is 3. The van der Waals surface area contributed by atoms with Crippen LogP contribution in [0, 0.1) is 0 Å². The Labute approximate surface area is 79.8 Å². The molecule has 5 N–H and O–H groups in total. The minimum Gasteiger partial charge on any atom is -0.331 e. The highest BCUT2D eigenvalue weighted by Gasteiger charge is 2.32. The zero-order chi connectivity index (χ0) is 10.1. The third kappa shape index (κ3) is 3.12. The highest BCUT2D eigenvalue weighted by molar-refractivity contribution is 8.13. The number of primary sulfonamides is 1. The van der Waals surface area contributed by atoms with E-state index in [1.54, 1.807) is 0 Å². The van der Waals surface area contributed by atoms with Crippen LogP contribution in [0.1, 0.15) is 6.92 Å². The summed E-state index contributed by atoms with van der Waals surface area (Å²) in [7, 11) is -3.63. The van der Waals surface area contributed by atoms with Crippen molar-refractivity contribution in [1.82, 2.24) is 16.2 Å². The summed E-state index contributed by atoms with van der Waals surface area (Å²) < 4.78 is 20.7. The van der Waals surface area contributed by atoms with Crippen LogP contribution in [0.3, 0.4) is 0 Å². The third-order valence-electron chi connectivity index (χ3n) is 1.22. The molecule has 13 heavy (non-hydrogen) atoms. The number of rotatable bonds is 2. The molecule has 0 aromatic heterocycles. The fraction of sp³-hybridized carbons (Fsp3) is 0.750. The molecule has 1 rings (SSSR count). The van der Waals surface area contributed by atoms with Crippen molar-refractivity contribution in [3.63, 3.8) is 0 Å². The van der Waals surface area contributed by atoms with Crippen LogP contribution < -0.4 is 21.3 Å². The Morgan fingerprint density at radius 3 is 2.54 bits per heavy atom. The Hall–Kier alpha value is -0.350. The summed E-state index contributed by atoms with van der Waals surface area (Å²) in [4.78, 5) is 10.6. The second-order valence-electron chi connectivity index (χ2n) is 2.43. The topological polar surface area (TPSA) is 113 Å². The smallest absolute Gasteiger partial charge is 0.236 e. The monoisotopic (exact) mass is 226 g/mol. The number of sulfonamides is 1. The first-order chi connectivity index (χ1) is 5.89. The Morgan fingerprint density at radius 1 is 1.54 bits per heavy atom. The molecule has 76 valence electrons. The summed E-state index contributed by atoms with van der Waals surface area (Å²) in [6, 6.07) is 0. The lowest BCUT2D eigenvalue weighted by molar-refractivity contribution is -0.119. The van der Waals surface area contributed by atoms with Crippen LogP contribution in [-0.4, -0.2) is 24.5 Å². The van der Waals surface area contributed by atoms with Gasteiger partial charge in [-0.1, -0.05) is 11.8 Å². The molecule has 0 aromatic rings. The average Bonchev–Trinajstić information content (AvgIpc) is 2.32. The molecular formula is C4H10N4O3S2. The van der Waals surface area contributed by atoms with Gasteiger partial charge in [0.15, 0.2) is 4.71 Å². The van der Waals surface area contributed by atoms with Gasteiger partial charge in [-0.2, -0.15) is 0 Å². The summed E-state index contributed by atoms with van der Waals surface area (Å²) in [5.41, 5.74) is 4.53. The molecule has 0 aromatic carbocycles. The van der Waals surface area contributed by atoms with E-state index >= 15 is 0 Å². The predicted molar refractivity (Wildman–Crippen MR) is 48.4 cm³/mol. The number of nitrogens with two attached hydrogens (primary N) is 1. The van der Waals surface area contributed by atoms with Crippen LogP contribution in [0.25, 0.3) is 0 Å². The quantitative estimate of drug-likeness (QED) is 0.426. The first kappa shape index (κ1) is 10.7. The number of carbonyl (C=O) groups is 1. The van der Waals surface area contributed by atoms with Crippen molar-refractivity contribution >= 4 is 27.7 Å². The molecule has 0 aliphatic carbocycles. The van der Waals surface area contributed by atoms with Crippen molar-refractivity contribution in [3.8, 4) is 0 Å². The number of carbonyl (C=O) groups excluding carboxylic acids is 1. The summed E-state index contributed by atoms with van der Waals surface area (Å²) in [5.74, 6) is -0.248. The van der Waals surface area contributed by atoms with E-state index in [-0.39, 0.29) is 5.91 Å². The number of hydrogen-bond acceptors (Lipinski definition) is 6. The van der Waals surface area contributed by atoms with Crippen molar-refractivity contribution in [2.24, 2.45) is 5.14 Å². The zero-order valence-corrected chi connectivity index (χ0v) is 8.41. The molecule has 0 spiro atoms. The minimum atomic E-state index is -3.63. The molecule has 1 heterocycles. The highest BCUT2D eigenvalue weighted by Crippen LogP contribution is 2.19. The fourth-order valence-corrected chi connectivity index (χ4v) is 2.69. The van der Waals surface area contributed by atoms with Gasteiger partial charge in [0.05, 0.1) is 0 Å². The van der Waals surface area contributed by atoms with E-state index in [1.165, 1.54) is 6.92 Å². The van der Waals surface area contributed by atoms with E-state index < -0.39 is 20.2 Å². The average molecular weight is 226 g/mol. The van der Waals surface area contributed by atoms with Gasteiger partial charge in [0.1, 0.15) is 5.50 Å². The van der Waals surface area contributed by atoms with Crippen molar-refractivity contribution in [1.29, 1.82) is 0 Å². The van der Waals surface area contributed by atoms with Gasteiger partial charge >= 0.3 is 0 Å². The molecule has 2 unspecified atom stereocenters. The summed E-state index contributed by atoms with van der Waals surface area (Å²) in [6.45, 7) is 1.34. The molecule has 0 saturated carbocycles. The van der Waals surface area contributed by atoms with Crippen molar-refractivity contribution < 1.29 is 13.2 Å². The highest BCUT2D eigenvalue weighted by atomic mass is 32.3. The van der Waals surface area contributed by atoms with Crippen LogP contribution in [0.4, 0.5) is 0 Å². The van der Waals surface area contributed by atoms with E-state index in [2.05, 4.69) is 16.2 Å². The van der Waals surface area contributed by atoms with Crippen LogP contribution in [0.2, 0.25) is 0 Å². The van der Waals surface area contributed by atoms with E-state index in [9.17, 15) is 13.2 Å². The minimum absolute atomic E-state index is 0.248. The van der Waals surface area contributed by atoms with Crippen LogP contribution >= 0.6 is 11.8 Å². The fourth-order valence-electron chi connectivity index (χ4n) is 0.750. The lowest BCUT2D eigenvalue weighted by atomic mass is 10.7. The predicted octanol–water partition coefficient (Wildman–Crippen LogP) is -2.18. The molecule has 9 heteroatoms. The number of hydrazine groups is 1. The van der Waals surface area contributed by atoms with E-state index in [0.717, 1.165) is 11.8 Å². The molecule has 1 fully saturated rings. The molecule has 2 atom stereocenters.